The molecule has 0 radical (unpaired) electrons. The molecule has 12 heteroatoms. The number of furan rings is 1. The number of esters is 1. The first-order valence-corrected chi connectivity index (χ1v) is 17.6. The first kappa shape index (κ1) is 34.7. The van der Waals surface area contributed by atoms with E-state index >= 15 is 0 Å². The molecule has 1 amide bonds. The van der Waals surface area contributed by atoms with Gasteiger partial charge in [0, 0.05) is 41.1 Å². The third kappa shape index (κ3) is 7.13. The number of rotatable bonds is 10. The molecule has 0 bridgehead atoms. The van der Waals surface area contributed by atoms with Crippen LogP contribution >= 0.6 is 0 Å². The second-order valence-electron chi connectivity index (χ2n) is 12.8. The van der Waals surface area contributed by atoms with Crippen LogP contribution in [0, 0.1) is 5.82 Å². The van der Waals surface area contributed by atoms with Crippen molar-refractivity contribution in [3.05, 3.63) is 77.6 Å². The fourth-order valence-electron chi connectivity index (χ4n) is 5.98. The number of sulfonamides is 1. The van der Waals surface area contributed by atoms with Crippen molar-refractivity contribution in [2.75, 3.05) is 30.3 Å². The molecular weight excluding hydrogens is 642 g/mol. The number of fused-ring (bicyclic) bond motifs is 1. The van der Waals surface area contributed by atoms with Crippen LogP contribution in [-0.4, -0.2) is 68.6 Å². The molecule has 0 N–H and O–H groups in total. The summed E-state index contributed by atoms with van der Waals surface area (Å²) in [5.41, 5.74) is 1.15. The number of benzene rings is 3. The number of ether oxygens (including phenoxy) is 1. The molecule has 4 aromatic rings. The average Bonchev–Trinajstić information content (AvgIpc) is 3.67. The molecule has 1 saturated heterocycles. The highest BCUT2D eigenvalue weighted by Gasteiger charge is 2.37. The van der Waals surface area contributed by atoms with Crippen LogP contribution in [0.25, 0.3) is 33.4 Å². The number of carbonyl (C=O) groups is 3. The van der Waals surface area contributed by atoms with E-state index < -0.39 is 52.6 Å². The van der Waals surface area contributed by atoms with Gasteiger partial charge >= 0.3 is 5.97 Å². The summed E-state index contributed by atoms with van der Waals surface area (Å²) in [5.74, 6) is -1.44. The Morgan fingerprint density at radius 2 is 1.75 bits per heavy atom. The van der Waals surface area contributed by atoms with Gasteiger partial charge in [-0.15, -0.1) is 0 Å². The van der Waals surface area contributed by atoms with E-state index in [-0.39, 0.29) is 40.4 Å². The summed E-state index contributed by atoms with van der Waals surface area (Å²) in [5, 5.41) is 0.370. The normalized spacial score (nSPS) is 15.1. The van der Waals surface area contributed by atoms with Crippen LogP contribution in [-0.2, 0) is 19.6 Å². The predicted octanol–water partition coefficient (Wildman–Crippen LogP) is 7.18. The van der Waals surface area contributed by atoms with Gasteiger partial charge in [-0.3, -0.25) is 13.9 Å². The average molecular weight is 681 g/mol. The highest BCUT2D eigenvalue weighted by atomic mass is 32.2. The number of ketones is 1. The molecule has 9 nitrogen and oxygen atoms in total. The minimum Gasteiger partial charge on any atom is -0.458 e. The molecule has 48 heavy (non-hydrogen) atoms. The molecule has 3 aromatic carbocycles. The number of hydrogen-bond acceptors (Lipinski definition) is 7. The number of hydrogen-bond donors (Lipinski definition) is 0. The number of likely N-dealkylation sites (tertiary alicyclic amines) is 1. The number of nitrogens with zero attached hydrogens (tertiary/aromatic N) is 2. The molecule has 2 heterocycles. The maximum Gasteiger partial charge on any atom is 0.329 e. The number of alkyl halides is 1. The molecule has 1 aliphatic rings. The summed E-state index contributed by atoms with van der Waals surface area (Å²) in [6.07, 6.45) is 2.15. The number of anilines is 1. The lowest BCUT2D eigenvalue weighted by Crippen LogP contribution is -2.43. The number of amides is 1. The number of halogens is 2. The van der Waals surface area contributed by atoms with Gasteiger partial charge in [-0.25, -0.2) is 22.0 Å². The van der Waals surface area contributed by atoms with Gasteiger partial charge in [0.05, 0.1) is 24.1 Å². The minimum atomic E-state index is -4.02. The van der Waals surface area contributed by atoms with Crippen molar-refractivity contribution in [3.8, 4) is 22.5 Å². The fourth-order valence-corrected chi connectivity index (χ4v) is 6.89. The molecule has 1 fully saturated rings. The monoisotopic (exact) mass is 680 g/mol. The second-order valence-corrected chi connectivity index (χ2v) is 14.7. The molecule has 0 unspecified atom stereocenters. The van der Waals surface area contributed by atoms with E-state index in [2.05, 4.69) is 0 Å². The van der Waals surface area contributed by atoms with Crippen LogP contribution < -0.4 is 4.31 Å². The van der Waals surface area contributed by atoms with Gasteiger partial charge in [-0.1, -0.05) is 19.1 Å². The Labute approximate surface area is 278 Å². The second kappa shape index (κ2) is 13.5. The zero-order valence-electron chi connectivity index (χ0n) is 27.5. The largest absolute Gasteiger partial charge is 0.458 e. The predicted molar refractivity (Wildman–Crippen MR) is 180 cm³/mol. The molecule has 0 saturated carbocycles. The van der Waals surface area contributed by atoms with Crippen molar-refractivity contribution < 1.29 is 40.7 Å². The van der Waals surface area contributed by atoms with Gasteiger partial charge in [0.15, 0.2) is 5.78 Å². The zero-order valence-corrected chi connectivity index (χ0v) is 28.3. The molecule has 1 atom stereocenters. The van der Waals surface area contributed by atoms with Crippen molar-refractivity contribution in [1.82, 2.24) is 4.90 Å². The van der Waals surface area contributed by atoms with Gasteiger partial charge < -0.3 is 14.1 Å². The smallest absolute Gasteiger partial charge is 0.329 e. The third-order valence-electron chi connectivity index (χ3n) is 8.08. The van der Waals surface area contributed by atoms with E-state index in [4.69, 9.17) is 9.15 Å². The van der Waals surface area contributed by atoms with Crippen molar-refractivity contribution in [3.63, 3.8) is 0 Å². The summed E-state index contributed by atoms with van der Waals surface area (Å²) >= 11 is 0. The number of carbonyl (C=O) groups excluding carboxylic acids is 3. The summed E-state index contributed by atoms with van der Waals surface area (Å²) in [7, 11) is -4.02. The van der Waals surface area contributed by atoms with Crippen LogP contribution in [0.5, 0.6) is 0 Å². The Bertz CT molecular complexity index is 1980. The van der Waals surface area contributed by atoms with E-state index in [1.807, 2.05) is 0 Å². The number of Topliss-reactive ketones (excluding diaryl/α,β-unsaturated/α-hetero) is 1. The standard InChI is InChI=1S/C36H38F2N2O7S/c1-6-30(41)32-27-20-26(23-9-7-10-24(19-23)34(42)39-17-8-11-28(39)35(43)47-36(2,3)4)29(40(18-16-37)48(5,44)45)21-31(27)46-33(32)22-12-14-25(38)15-13-22/h7,9-10,12-15,19-21,28H,6,8,11,16-18H2,1-5H3/t28-/m0/s1. The van der Waals surface area contributed by atoms with E-state index in [9.17, 15) is 31.6 Å². The topological polar surface area (TPSA) is 114 Å². The Kier molecular flexibility index (Phi) is 9.77. The van der Waals surface area contributed by atoms with Gasteiger partial charge in [0.2, 0.25) is 10.0 Å². The van der Waals surface area contributed by atoms with Gasteiger partial charge in [-0.2, -0.15) is 0 Å². The van der Waals surface area contributed by atoms with Crippen molar-refractivity contribution in [2.24, 2.45) is 0 Å². The fraction of sp³-hybridized carbons (Fsp3) is 0.361. The van der Waals surface area contributed by atoms with Crippen LogP contribution in [0.2, 0.25) is 0 Å². The van der Waals surface area contributed by atoms with E-state index in [1.54, 1.807) is 58.0 Å². The lowest BCUT2D eigenvalue weighted by molar-refractivity contribution is -0.159. The van der Waals surface area contributed by atoms with Crippen molar-refractivity contribution in [1.29, 1.82) is 0 Å². The minimum absolute atomic E-state index is 0.0787. The first-order chi connectivity index (χ1) is 22.6. The summed E-state index contributed by atoms with van der Waals surface area (Å²) in [6.45, 7) is 5.84. The van der Waals surface area contributed by atoms with E-state index in [0.29, 0.717) is 41.5 Å². The highest BCUT2D eigenvalue weighted by Crippen LogP contribution is 2.42. The maximum absolute atomic E-state index is 13.8. The van der Waals surface area contributed by atoms with Gasteiger partial charge in [0.1, 0.15) is 35.5 Å². The van der Waals surface area contributed by atoms with E-state index in [1.165, 1.54) is 35.2 Å². The Balaban J connectivity index is 1.69. The Morgan fingerprint density at radius 1 is 1.04 bits per heavy atom. The third-order valence-corrected chi connectivity index (χ3v) is 9.26. The quantitative estimate of drug-likeness (QED) is 0.129. The summed E-state index contributed by atoms with van der Waals surface area (Å²) in [4.78, 5) is 41.7. The molecule has 5 rings (SSSR count). The molecule has 0 aliphatic carbocycles. The lowest BCUT2D eigenvalue weighted by Gasteiger charge is -2.27. The molecule has 0 spiro atoms. The first-order valence-electron chi connectivity index (χ1n) is 15.7. The van der Waals surface area contributed by atoms with Crippen LogP contribution in [0.15, 0.2) is 65.1 Å². The van der Waals surface area contributed by atoms with Crippen LogP contribution in [0.1, 0.15) is 67.7 Å². The Morgan fingerprint density at radius 3 is 2.38 bits per heavy atom. The lowest BCUT2D eigenvalue weighted by atomic mass is 9.95. The summed E-state index contributed by atoms with van der Waals surface area (Å²) < 4.78 is 66.3. The zero-order chi connectivity index (χ0) is 35.0. The van der Waals surface area contributed by atoms with Crippen molar-refractivity contribution >= 4 is 44.3 Å². The SMILES string of the molecule is CCC(=O)c1c(-c2ccc(F)cc2)oc2cc(N(CCF)S(C)(=O)=O)c(-c3cccc(C(=O)N4CCC[C@H]4C(=O)OC(C)(C)C)c3)cc12. The highest BCUT2D eigenvalue weighted by molar-refractivity contribution is 7.92. The van der Waals surface area contributed by atoms with Crippen molar-refractivity contribution in [2.45, 2.75) is 58.6 Å². The maximum atomic E-state index is 13.8. The molecule has 254 valence electrons. The van der Waals surface area contributed by atoms with Gasteiger partial charge in [-0.05, 0) is 81.6 Å². The summed E-state index contributed by atoms with van der Waals surface area (Å²) in [6, 6.07) is 14.2. The van der Waals surface area contributed by atoms with Gasteiger partial charge in [0.25, 0.3) is 5.91 Å². The van der Waals surface area contributed by atoms with Crippen LogP contribution in [0.3, 0.4) is 0 Å². The van der Waals surface area contributed by atoms with E-state index in [0.717, 1.165) is 10.6 Å². The Hall–Kier alpha value is -4.58. The van der Waals surface area contributed by atoms with Crippen LogP contribution in [0.4, 0.5) is 14.5 Å². The molecule has 1 aliphatic heterocycles. The molecule has 1 aromatic heterocycles. The molecular formula is C36H38F2N2O7S.